The van der Waals surface area contributed by atoms with Gasteiger partial charge < -0.3 is 0 Å². The maximum Gasteiger partial charge on any atom is 0.0432 e. The van der Waals surface area contributed by atoms with Gasteiger partial charge >= 0.3 is 0 Å². The van der Waals surface area contributed by atoms with Crippen LogP contribution in [0.5, 0.6) is 0 Å². The molecule has 0 nitrogen and oxygen atoms in total. The highest BCUT2D eigenvalue weighted by molar-refractivity contribution is 9.09. The van der Waals surface area contributed by atoms with Crippen LogP contribution in [0.2, 0.25) is 0 Å². The summed E-state index contributed by atoms with van der Waals surface area (Å²) in [4.78, 5) is 0. The minimum Gasteiger partial charge on any atom is -0.122 e. The molecule has 1 atom stereocenters. The molecule has 0 bridgehead atoms. The molecule has 0 fully saturated rings. The highest BCUT2D eigenvalue weighted by Crippen LogP contribution is 2.12. The first kappa shape index (κ1) is 12.5. The fraction of sp³-hybridized carbons (Fsp3) is 0.800. The van der Waals surface area contributed by atoms with Gasteiger partial charge in [0.15, 0.2) is 0 Å². The normalized spacial score (nSPS) is 12.8. The van der Waals surface area contributed by atoms with E-state index in [1.54, 1.807) is 0 Å². The van der Waals surface area contributed by atoms with Gasteiger partial charge in [-0.3, -0.25) is 0 Å². The lowest BCUT2D eigenvalue weighted by atomic mass is 10.1. The number of unbranched alkanes of at least 4 members (excludes halogenated alkanes) is 4. The van der Waals surface area contributed by atoms with E-state index in [0.717, 1.165) is 18.2 Å². The number of halogens is 2. The van der Waals surface area contributed by atoms with Crippen LogP contribution in [0.3, 0.4) is 0 Å². The van der Waals surface area contributed by atoms with Crippen molar-refractivity contribution in [1.29, 1.82) is 0 Å². The molecule has 0 saturated carbocycles. The van der Waals surface area contributed by atoms with Crippen LogP contribution in [0.4, 0.5) is 0 Å². The number of allylic oxidation sites excluding steroid dienone is 1. The molecule has 0 aromatic rings. The van der Waals surface area contributed by atoms with E-state index in [0.29, 0.717) is 5.38 Å². The van der Waals surface area contributed by atoms with Crippen molar-refractivity contribution in [1.82, 2.24) is 0 Å². The first-order chi connectivity index (χ1) is 5.81. The lowest BCUT2D eigenvalue weighted by Crippen LogP contribution is -1.98. The minimum atomic E-state index is 0.324. The molecule has 0 aromatic carbocycles. The molecule has 12 heavy (non-hydrogen) atoms. The van der Waals surface area contributed by atoms with Gasteiger partial charge in [0.2, 0.25) is 0 Å². The minimum absolute atomic E-state index is 0.324. The maximum absolute atomic E-state index is 5.94. The van der Waals surface area contributed by atoms with E-state index in [1.807, 2.05) is 6.08 Å². The summed E-state index contributed by atoms with van der Waals surface area (Å²) in [6, 6.07) is 0. The quantitative estimate of drug-likeness (QED) is 0.339. The zero-order valence-corrected chi connectivity index (χ0v) is 9.91. The third kappa shape index (κ3) is 8.61. The summed E-state index contributed by atoms with van der Waals surface area (Å²) < 4.78 is 0. The molecule has 1 unspecified atom stereocenters. The van der Waals surface area contributed by atoms with Crippen LogP contribution in [0.1, 0.15) is 38.5 Å². The van der Waals surface area contributed by atoms with Crippen LogP contribution in [-0.2, 0) is 0 Å². The zero-order valence-electron chi connectivity index (χ0n) is 7.57. The summed E-state index contributed by atoms with van der Waals surface area (Å²) in [6.07, 6.45) is 9.45. The molecule has 0 saturated heterocycles. The Hall–Kier alpha value is 0.510. The molecule has 0 amide bonds. The summed E-state index contributed by atoms with van der Waals surface area (Å²) in [5.74, 6) is 0. The number of alkyl halides is 2. The van der Waals surface area contributed by atoms with Crippen LogP contribution < -0.4 is 0 Å². The highest BCUT2D eigenvalue weighted by atomic mass is 79.9. The molecular formula is C10H18BrCl. The Labute approximate surface area is 89.5 Å². The van der Waals surface area contributed by atoms with Gasteiger partial charge in [0.25, 0.3) is 0 Å². The highest BCUT2D eigenvalue weighted by Gasteiger charge is 2.00. The molecule has 0 aliphatic rings. The van der Waals surface area contributed by atoms with E-state index in [1.165, 1.54) is 25.7 Å². The fourth-order valence-corrected chi connectivity index (χ4v) is 1.56. The Morgan fingerprint density at radius 2 is 1.92 bits per heavy atom. The van der Waals surface area contributed by atoms with Crippen molar-refractivity contribution in [2.24, 2.45) is 0 Å². The van der Waals surface area contributed by atoms with E-state index in [2.05, 4.69) is 22.5 Å². The zero-order chi connectivity index (χ0) is 9.23. The van der Waals surface area contributed by atoms with Crippen LogP contribution >= 0.6 is 27.5 Å². The van der Waals surface area contributed by atoms with Crippen molar-refractivity contribution in [3.05, 3.63) is 12.7 Å². The Bertz CT molecular complexity index is 104. The third-order valence-electron chi connectivity index (χ3n) is 1.84. The summed E-state index contributed by atoms with van der Waals surface area (Å²) >= 11 is 9.31. The van der Waals surface area contributed by atoms with E-state index in [9.17, 15) is 0 Å². The van der Waals surface area contributed by atoms with Crippen molar-refractivity contribution in [2.75, 3.05) is 5.33 Å². The molecule has 0 N–H and O–H groups in total. The predicted molar refractivity (Wildman–Crippen MR) is 61.3 cm³/mol. The summed E-state index contributed by atoms with van der Waals surface area (Å²) in [7, 11) is 0. The van der Waals surface area contributed by atoms with Gasteiger partial charge in [-0.25, -0.2) is 0 Å². The largest absolute Gasteiger partial charge is 0.122 e. The molecule has 0 aromatic heterocycles. The third-order valence-corrected chi connectivity index (χ3v) is 3.37. The van der Waals surface area contributed by atoms with E-state index in [4.69, 9.17) is 11.6 Å². The van der Waals surface area contributed by atoms with E-state index >= 15 is 0 Å². The second-order valence-corrected chi connectivity index (χ2v) is 4.30. The average molecular weight is 254 g/mol. The van der Waals surface area contributed by atoms with Crippen LogP contribution in [0, 0.1) is 0 Å². The number of rotatable bonds is 8. The van der Waals surface area contributed by atoms with Gasteiger partial charge in [-0.15, -0.1) is 18.2 Å². The van der Waals surface area contributed by atoms with Gasteiger partial charge in [0, 0.05) is 10.7 Å². The van der Waals surface area contributed by atoms with Crippen molar-refractivity contribution in [3.8, 4) is 0 Å². The maximum atomic E-state index is 5.94. The van der Waals surface area contributed by atoms with Crippen molar-refractivity contribution in [2.45, 2.75) is 43.9 Å². The number of hydrogen-bond donors (Lipinski definition) is 0. The van der Waals surface area contributed by atoms with Crippen LogP contribution in [0.25, 0.3) is 0 Å². The van der Waals surface area contributed by atoms with Gasteiger partial charge in [-0.2, -0.15) is 0 Å². The molecular weight excluding hydrogens is 235 g/mol. The molecule has 0 heterocycles. The van der Waals surface area contributed by atoms with Crippen molar-refractivity contribution in [3.63, 3.8) is 0 Å². The van der Waals surface area contributed by atoms with Gasteiger partial charge in [-0.1, -0.05) is 41.3 Å². The van der Waals surface area contributed by atoms with Gasteiger partial charge in [0.05, 0.1) is 0 Å². The first-order valence-electron chi connectivity index (χ1n) is 4.62. The molecule has 0 radical (unpaired) electrons. The molecule has 0 rings (SSSR count). The Morgan fingerprint density at radius 3 is 2.50 bits per heavy atom. The molecule has 0 aliphatic heterocycles. The Balaban J connectivity index is 2.95. The van der Waals surface area contributed by atoms with E-state index in [-0.39, 0.29) is 0 Å². The first-order valence-corrected chi connectivity index (χ1v) is 6.18. The van der Waals surface area contributed by atoms with Crippen LogP contribution in [-0.4, -0.2) is 10.7 Å². The smallest absolute Gasteiger partial charge is 0.0432 e. The van der Waals surface area contributed by atoms with Crippen molar-refractivity contribution < 1.29 is 0 Å². The van der Waals surface area contributed by atoms with Crippen molar-refractivity contribution >= 4 is 27.5 Å². The SMILES string of the molecule is C=CCCCCCCC(Cl)CBr. The van der Waals surface area contributed by atoms with Gasteiger partial charge in [-0.05, 0) is 19.3 Å². The van der Waals surface area contributed by atoms with Crippen LogP contribution in [0.15, 0.2) is 12.7 Å². The monoisotopic (exact) mass is 252 g/mol. The second kappa shape index (κ2) is 9.60. The summed E-state index contributed by atoms with van der Waals surface area (Å²) in [5, 5.41) is 1.24. The molecule has 0 spiro atoms. The van der Waals surface area contributed by atoms with E-state index < -0.39 is 0 Å². The summed E-state index contributed by atoms with van der Waals surface area (Å²) in [5.41, 5.74) is 0. The second-order valence-electron chi connectivity index (χ2n) is 3.03. The standard InChI is InChI=1S/C10H18BrCl/c1-2-3-4-5-6-7-8-10(12)9-11/h2,10H,1,3-9H2. The Morgan fingerprint density at radius 1 is 1.25 bits per heavy atom. The van der Waals surface area contributed by atoms with Gasteiger partial charge in [0.1, 0.15) is 0 Å². The molecule has 2 heteroatoms. The topological polar surface area (TPSA) is 0 Å². The Kier molecular flexibility index (Phi) is 10.0. The predicted octanol–water partition coefficient (Wildman–Crippen LogP) is 4.52. The average Bonchev–Trinajstić information content (AvgIpc) is 2.10. The number of hydrogen-bond acceptors (Lipinski definition) is 0. The lowest BCUT2D eigenvalue weighted by Gasteiger charge is -2.03. The lowest BCUT2D eigenvalue weighted by molar-refractivity contribution is 0.616. The fourth-order valence-electron chi connectivity index (χ4n) is 1.09. The summed E-state index contributed by atoms with van der Waals surface area (Å²) in [6.45, 7) is 3.69. The molecule has 0 aliphatic carbocycles. The molecule has 72 valence electrons.